The van der Waals surface area contributed by atoms with Crippen LogP contribution < -0.4 is 5.73 Å². The molecule has 1 aliphatic rings. The van der Waals surface area contributed by atoms with E-state index in [1.54, 1.807) is 0 Å². The largest absolute Gasteiger partial charge is 0.328 e. The maximum Gasteiger partial charge on any atom is 0.226 e. The third-order valence-electron chi connectivity index (χ3n) is 2.73. The molecule has 2 unspecified atom stereocenters. The van der Waals surface area contributed by atoms with Crippen molar-refractivity contribution < 1.29 is 9.59 Å². The molecule has 14 heavy (non-hydrogen) atoms. The van der Waals surface area contributed by atoms with Crippen molar-refractivity contribution in [2.45, 2.75) is 51.6 Å². The highest BCUT2D eigenvalue weighted by molar-refractivity contribution is 5.93. The molecule has 2 amide bonds. The van der Waals surface area contributed by atoms with Crippen LogP contribution in [0.2, 0.25) is 0 Å². The van der Waals surface area contributed by atoms with E-state index in [2.05, 4.69) is 0 Å². The van der Waals surface area contributed by atoms with Crippen LogP contribution in [0.5, 0.6) is 0 Å². The Labute approximate surface area is 84.4 Å². The molecule has 0 spiro atoms. The third kappa shape index (κ3) is 2.54. The number of nitrogens with zero attached hydrogens (tertiary/aromatic N) is 1. The van der Waals surface area contributed by atoms with Crippen molar-refractivity contribution in [2.75, 3.05) is 0 Å². The van der Waals surface area contributed by atoms with Gasteiger partial charge in [-0.15, -0.1) is 0 Å². The number of rotatable bonds is 1. The van der Waals surface area contributed by atoms with Gasteiger partial charge in [0.05, 0.1) is 0 Å². The second kappa shape index (κ2) is 4.55. The van der Waals surface area contributed by atoms with Crippen molar-refractivity contribution in [3.63, 3.8) is 0 Å². The van der Waals surface area contributed by atoms with E-state index in [-0.39, 0.29) is 23.9 Å². The number of hydrogen-bond acceptors (Lipinski definition) is 3. The van der Waals surface area contributed by atoms with E-state index >= 15 is 0 Å². The van der Waals surface area contributed by atoms with Crippen molar-refractivity contribution in [2.24, 2.45) is 5.73 Å². The Morgan fingerprint density at radius 2 is 1.79 bits per heavy atom. The topological polar surface area (TPSA) is 63.4 Å². The Kier molecular flexibility index (Phi) is 3.63. The van der Waals surface area contributed by atoms with Gasteiger partial charge < -0.3 is 5.73 Å². The molecule has 1 fully saturated rings. The summed E-state index contributed by atoms with van der Waals surface area (Å²) in [7, 11) is 0. The standard InChI is InChI=1S/C10H18N2O2/c1-7(13)12(8(2)14)10-5-3-4-9(11)6-10/h9-10H,3-6,11H2,1-2H3. The summed E-state index contributed by atoms with van der Waals surface area (Å²) in [5.74, 6) is -0.340. The van der Waals surface area contributed by atoms with Crippen LogP contribution in [0.4, 0.5) is 0 Å². The summed E-state index contributed by atoms with van der Waals surface area (Å²) in [6.45, 7) is 2.86. The summed E-state index contributed by atoms with van der Waals surface area (Å²) in [6.07, 6.45) is 3.65. The highest BCUT2D eigenvalue weighted by atomic mass is 16.2. The first-order valence-electron chi connectivity index (χ1n) is 5.08. The molecule has 0 saturated heterocycles. The molecule has 2 atom stereocenters. The summed E-state index contributed by atoms with van der Waals surface area (Å²) in [5, 5.41) is 0. The van der Waals surface area contributed by atoms with E-state index in [1.807, 2.05) is 0 Å². The van der Waals surface area contributed by atoms with Crippen molar-refractivity contribution in [3.05, 3.63) is 0 Å². The quantitative estimate of drug-likeness (QED) is 0.673. The van der Waals surface area contributed by atoms with Gasteiger partial charge in [0.2, 0.25) is 11.8 Å². The molecule has 0 aromatic heterocycles. The lowest BCUT2D eigenvalue weighted by Crippen LogP contribution is -2.47. The van der Waals surface area contributed by atoms with E-state index in [0.29, 0.717) is 0 Å². The van der Waals surface area contributed by atoms with Gasteiger partial charge in [-0.1, -0.05) is 0 Å². The molecule has 0 heterocycles. The molecule has 2 N–H and O–H groups in total. The lowest BCUT2D eigenvalue weighted by molar-refractivity contribution is -0.145. The van der Waals surface area contributed by atoms with Gasteiger partial charge in [0.25, 0.3) is 0 Å². The van der Waals surface area contributed by atoms with E-state index in [0.717, 1.165) is 25.7 Å². The molecular formula is C10H18N2O2. The van der Waals surface area contributed by atoms with Gasteiger partial charge in [0.1, 0.15) is 0 Å². The summed E-state index contributed by atoms with van der Waals surface area (Å²) in [4.78, 5) is 23.9. The number of carbonyl (C=O) groups excluding carboxylic acids is 2. The second-order valence-electron chi connectivity index (χ2n) is 3.99. The Bertz CT molecular complexity index is 226. The van der Waals surface area contributed by atoms with Gasteiger partial charge in [-0.05, 0) is 25.7 Å². The van der Waals surface area contributed by atoms with Crippen LogP contribution in [0.3, 0.4) is 0 Å². The first-order valence-corrected chi connectivity index (χ1v) is 5.08. The molecule has 0 aliphatic heterocycles. The molecule has 4 heteroatoms. The maximum atomic E-state index is 11.3. The molecular weight excluding hydrogens is 180 g/mol. The van der Waals surface area contributed by atoms with Crippen LogP contribution in [-0.4, -0.2) is 28.8 Å². The van der Waals surface area contributed by atoms with E-state index < -0.39 is 0 Å². The Balaban J connectivity index is 2.67. The first kappa shape index (κ1) is 11.2. The normalized spacial score (nSPS) is 27.1. The van der Waals surface area contributed by atoms with E-state index in [4.69, 9.17) is 5.73 Å². The van der Waals surface area contributed by atoms with Crippen molar-refractivity contribution in [1.29, 1.82) is 0 Å². The van der Waals surface area contributed by atoms with Crippen molar-refractivity contribution in [1.82, 2.24) is 4.90 Å². The molecule has 1 saturated carbocycles. The molecule has 80 valence electrons. The molecule has 4 nitrogen and oxygen atoms in total. The van der Waals surface area contributed by atoms with Crippen LogP contribution in [0, 0.1) is 0 Å². The zero-order valence-electron chi connectivity index (χ0n) is 8.82. The predicted octanol–water partition coefficient (Wildman–Crippen LogP) is 0.651. The fraction of sp³-hybridized carbons (Fsp3) is 0.800. The van der Waals surface area contributed by atoms with Crippen LogP contribution in [0.1, 0.15) is 39.5 Å². The summed E-state index contributed by atoms with van der Waals surface area (Å²) in [5.41, 5.74) is 5.81. The molecule has 0 aromatic rings. The maximum absolute atomic E-state index is 11.3. The molecule has 1 rings (SSSR count). The Hall–Kier alpha value is -0.900. The van der Waals surface area contributed by atoms with Crippen LogP contribution >= 0.6 is 0 Å². The number of carbonyl (C=O) groups is 2. The molecule has 1 aliphatic carbocycles. The van der Waals surface area contributed by atoms with Gasteiger partial charge in [0.15, 0.2) is 0 Å². The molecule has 0 radical (unpaired) electrons. The SMILES string of the molecule is CC(=O)N(C(C)=O)C1CCCC(N)C1. The van der Waals surface area contributed by atoms with Crippen molar-refractivity contribution >= 4 is 11.8 Å². The van der Waals surface area contributed by atoms with Gasteiger partial charge >= 0.3 is 0 Å². The molecule has 0 aromatic carbocycles. The van der Waals surface area contributed by atoms with E-state index in [1.165, 1.54) is 18.7 Å². The average Bonchev–Trinajstić information content (AvgIpc) is 2.02. The summed E-state index contributed by atoms with van der Waals surface area (Å²) in [6, 6.07) is 0.156. The second-order valence-corrected chi connectivity index (χ2v) is 3.99. The summed E-state index contributed by atoms with van der Waals surface area (Å²) < 4.78 is 0. The number of nitrogens with two attached hydrogens (primary N) is 1. The highest BCUT2D eigenvalue weighted by Crippen LogP contribution is 2.22. The number of amides is 2. The number of hydrogen-bond donors (Lipinski definition) is 1. The zero-order chi connectivity index (χ0) is 10.7. The fourth-order valence-electron chi connectivity index (χ4n) is 2.17. The highest BCUT2D eigenvalue weighted by Gasteiger charge is 2.28. The van der Waals surface area contributed by atoms with Gasteiger partial charge in [-0.25, -0.2) is 0 Å². The lowest BCUT2D eigenvalue weighted by Gasteiger charge is -2.33. The van der Waals surface area contributed by atoms with Crippen LogP contribution in [-0.2, 0) is 9.59 Å². The predicted molar refractivity (Wildman–Crippen MR) is 53.4 cm³/mol. The average molecular weight is 198 g/mol. The third-order valence-corrected chi connectivity index (χ3v) is 2.73. The van der Waals surface area contributed by atoms with Gasteiger partial charge in [-0.3, -0.25) is 14.5 Å². The number of imide groups is 1. The monoisotopic (exact) mass is 198 g/mol. The van der Waals surface area contributed by atoms with Crippen molar-refractivity contribution in [3.8, 4) is 0 Å². The minimum Gasteiger partial charge on any atom is -0.328 e. The zero-order valence-corrected chi connectivity index (χ0v) is 8.82. The minimum atomic E-state index is -0.170. The Morgan fingerprint density at radius 1 is 1.21 bits per heavy atom. The smallest absolute Gasteiger partial charge is 0.226 e. The molecule has 0 bridgehead atoms. The lowest BCUT2D eigenvalue weighted by atomic mass is 9.90. The summed E-state index contributed by atoms with van der Waals surface area (Å²) >= 11 is 0. The van der Waals surface area contributed by atoms with Gasteiger partial charge in [-0.2, -0.15) is 0 Å². The first-order chi connectivity index (χ1) is 6.52. The van der Waals surface area contributed by atoms with Gasteiger partial charge in [0, 0.05) is 25.9 Å². The van der Waals surface area contributed by atoms with E-state index in [9.17, 15) is 9.59 Å². The van der Waals surface area contributed by atoms with Crippen LogP contribution in [0.15, 0.2) is 0 Å². The van der Waals surface area contributed by atoms with Crippen LogP contribution in [0.25, 0.3) is 0 Å². The minimum absolute atomic E-state index is 0.0220. The fourth-order valence-corrected chi connectivity index (χ4v) is 2.17. The Morgan fingerprint density at radius 3 is 2.21 bits per heavy atom.